The third-order valence-electron chi connectivity index (χ3n) is 3.55. The maximum absolute atomic E-state index is 12.3. The second-order valence-corrected chi connectivity index (χ2v) is 6.00. The summed E-state index contributed by atoms with van der Waals surface area (Å²) >= 11 is 12.0. The molecular formula is C18H18Cl2N2O2. The van der Waals surface area contributed by atoms with E-state index in [2.05, 4.69) is 10.6 Å². The normalized spacial score (nSPS) is 12.3. The highest BCUT2D eigenvalue weighted by Gasteiger charge is 2.11. The summed E-state index contributed by atoms with van der Waals surface area (Å²) in [5.41, 5.74) is 2.20. The number of halogens is 2. The molecule has 0 bridgehead atoms. The van der Waals surface area contributed by atoms with E-state index in [1.807, 2.05) is 6.07 Å². The largest absolute Gasteiger partial charge is 0.516 e. The van der Waals surface area contributed by atoms with Crippen molar-refractivity contribution in [3.63, 3.8) is 0 Å². The molecule has 4 nitrogen and oxygen atoms in total. The van der Waals surface area contributed by atoms with Gasteiger partial charge in [0.15, 0.2) is 0 Å². The SMILES string of the molecule is CNC(/C=C\O)c1cccc(C(=O)NCc2ccc(Cl)cc2Cl)c1. The number of aliphatic hydroxyl groups excluding tert-OH is 1. The molecule has 1 amide bonds. The van der Waals surface area contributed by atoms with Crippen LogP contribution in [0, 0.1) is 0 Å². The molecule has 1 unspecified atom stereocenters. The lowest BCUT2D eigenvalue weighted by Crippen LogP contribution is -2.23. The fourth-order valence-electron chi connectivity index (χ4n) is 2.28. The van der Waals surface area contributed by atoms with Crippen molar-refractivity contribution in [2.45, 2.75) is 12.6 Å². The van der Waals surface area contributed by atoms with Gasteiger partial charge in [0, 0.05) is 22.2 Å². The van der Waals surface area contributed by atoms with Gasteiger partial charge in [-0.05, 0) is 48.5 Å². The summed E-state index contributed by atoms with van der Waals surface area (Å²) in [4.78, 5) is 12.3. The van der Waals surface area contributed by atoms with E-state index in [4.69, 9.17) is 28.3 Å². The predicted molar refractivity (Wildman–Crippen MR) is 97.6 cm³/mol. The van der Waals surface area contributed by atoms with Crippen molar-refractivity contribution >= 4 is 29.1 Å². The van der Waals surface area contributed by atoms with Gasteiger partial charge in [-0.15, -0.1) is 0 Å². The molecular weight excluding hydrogens is 347 g/mol. The first-order valence-electron chi connectivity index (χ1n) is 7.35. The number of carbonyl (C=O) groups is 1. The molecule has 0 radical (unpaired) electrons. The highest BCUT2D eigenvalue weighted by molar-refractivity contribution is 6.35. The summed E-state index contributed by atoms with van der Waals surface area (Å²) in [5, 5.41) is 15.9. The van der Waals surface area contributed by atoms with Gasteiger partial charge in [-0.1, -0.05) is 41.4 Å². The Morgan fingerprint density at radius 1 is 1.25 bits per heavy atom. The number of likely N-dealkylation sites (N-methyl/N-ethyl adjacent to an activating group) is 1. The summed E-state index contributed by atoms with van der Waals surface area (Å²) in [7, 11) is 1.78. The first-order chi connectivity index (χ1) is 11.5. The molecule has 0 fully saturated rings. The Balaban J connectivity index is 2.09. The molecule has 1 atom stereocenters. The second-order valence-electron chi connectivity index (χ2n) is 5.15. The first-order valence-corrected chi connectivity index (χ1v) is 8.11. The van der Waals surface area contributed by atoms with Crippen LogP contribution in [0.5, 0.6) is 0 Å². The Morgan fingerprint density at radius 3 is 2.71 bits per heavy atom. The fraction of sp³-hybridized carbons (Fsp3) is 0.167. The lowest BCUT2D eigenvalue weighted by molar-refractivity contribution is 0.0951. The Bertz CT molecular complexity index is 748. The van der Waals surface area contributed by atoms with Gasteiger partial charge < -0.3 is 15.7 Å². The van der Waals surface area contributed by atoms with Crippen LogP contribution >= 0.6 is 23.2 Å². The zero-order valence-corrected chi connectivity index (χ0v) is 14.6. The van der Waals surface area contributed by atoms with Crippen LogP contribution in [0.2, 0.25) is 10.0 Å². The fourth-order valence-corrected chi connectivity index (χ4v) is 2.75. The summed E-state index contributed by atoms with van der Waals surface area (Å²) in [5.74, 6) is -0.203. The molecule has 0 saturated heterocycles. The van der Waals surface area contributed by atoms with Gasteiger partial charge >= 0.3 is 0 Å². The minimum atomic E-state index is -0.203. The van der Waals surface area contributed by atoms with Crippen LogP contribution in [0.15, 0.2) is 54.8 Å². The number of rotatable bonds is 6. The minimum Gasteiger partial charge on any atom is -0.516 e. The molecule has 0 spiro atoms. The van der Waals surface area contributed by atoms with Gasteiger partial charge in [0.1, 0.15) is 0 Å². The van der Waals surface area contributed by atoms with Crippen molar-refractivity contribution in [1.29, 1.82) is 0 Å². The second kappa shape index (κ2) is 8.73. The Kier molecular flexibility index (Phi) is 6.67. The molecule has 2 aromatic rings. The number of carbonyl (C=O) groups excluding carboxylic acids is 1. The van der Waals surface area contributed by atoms with Crippen LogP contribution in [0.25, 0.3) is 0 Å². The zero-order chi connectivity index (χ0) is 17.5. The summed E-state index contributed by atoms with van der Waals surface area (Å²) in [6, 6.07) is 12.2. The highest BCUT2D eigenvalue weighted by atomic mass is 35.5. The lowest BCUT2D eigenvalue weighted by Gasteiger charge is -2.13. The molecule has 3 N–H and O–H groups in total. The highest BCUT2D eigenvalue weighted by Crippen LogP contribution is 2.21. The van der Waals surface area contributed by atoms with Crippen molar-refractivity contribution in [2.24, 2.45) is 0 Å². The van der Waals surface area contributed by atoms with Crippen molar-refractivity contribution in [2.75, 3.05) is 7.05 Å². The van der Waals surface area contributed by atoms with Crippen LogP contribution in [-0.2, 0) is 6.54 Å². The Labute approximate surface area is 151 Å². The molecule has 0 aliphatic carbocycles. The molecule has 2 rings (SSSR count). The summed E-state index contributed by atoms with van der Waals surface area (Å²) < 4.78 is 0. The number of nitrogens with one attached hydrogen (secondary N) is 2. The molecule has 6 heteroatoms. The van der Waals surface area contributed by atoms with E-state index in [0.29, 0.717) is 22.2 Å². The average molecular weight is 365 g/mol. The standard InChI is InChI=1S/C18H18Cl2N2O2/c1-21-17(7-8-23)12-3-2-4-13(9-12)18(24)22-11-14-5-6-15(19)10-16(14)20/h2-10,17,21,23H,11H2,1H3,(H,22,24)/b8-7-. The maximum atomic E-state index is 12.3. The third kappa shape index (κ3) is 4.74. The van der Waals surface area contributed by atoms with Crippen LogP contribution in [0.1, 0.15) is 27.5 Å². The summed E-state index contributed by atoms with van der Waals surface area (Å²) in [6.07, 6.45) is 2.58. The van der Waals surface area contributed by atoms with Crippen LogP contribution in [0.3, 0.4) is 0 Å². The van der Waals surface area contributed by atoms with Crippen LogP contribution in [0.4, 0.5) is 0 Å². The van der Waals surface area contributed by atoms with Crippen molar-refractivity contribution in [1.82, 2.24) is 10.6 Å². The topological polar surface area (TPSA) is 61.4 Å². The van der Waals surface area contributed by atoms with Crippen LogP contribution < -0.4 is 10.6 Å². The molecule has 0 heterocycles. The zero-order valence-electron chi connectivity index (χ0n) is 13.1. The third-order valence-corrected chi connectivity index (χ3v) is 4.14. The first kappa shape index (κ1) is 18.3. The Hall–Kier alpha value is -2.01. The molecule has 0 aliphatic heterocycles. The lowest BCUT2D eigenvalue weighted by atomic mass is 10.0. The Morgan fingerprint density at radius 2 is 2.04 bits per heavy atom. The smallest absolute Gasteiger partial charge is 0.251 e. The van der Waals surface area contributed by atoms with Gasteiger partial charge in [0.2, 0.25) is 0 Å². The summed E-state index contributed by atoms with van der Waals surface area (Å²) in [6.45, 7) is 0.311. The van der Waals surface area contributed by atoms with Gasteiger partial charge in [-0.2, -0.15) is 0 Å². The van der Waals surface area contributed by atoms with E-state index in [0.717, 1.165) is 17.4 Å². The number of benzene rings is 2. The monoisotopic (exact) mass is 364 g/mol. The van der Waals surface area contributed by atoms with Gasteiger partial charge in [0.05, 0.1) is 12.3 Å². The van der Waals surface area contributed by atoms with E-state index in [-0.39, 0.29) is 11.9 Å². The van der Waals surface area contributed by atoms with Gasteiger partial charge in [0.25, 0.3) is 5.91 Å². The number of amides is 1. The van der Waals surface area contributed by atoms with Crippen molar-refractivity contribution in [3.8, 4) is 0 Å². The maximum Gasteiger partial charge on any atom is 0.251 e. The molecule has 0 aromatic heterocycles. The minimum absolute atomic E-state index is 0.173. The molecule has 0 aliphatic rings. The van der Waals surface area contributed by atoms with E-state index in [9.17, 15) is 4.79 Å². The molecule has 24 heavy (non-hydrogen) atoms. The van der Waals surface area contributed by atoms with Crippen LogP contribution in [-0.4, -0.2) is 18.1 Å². The predicted octanol–water partition coefficient (Wildman–Crippen LogP) is 4.26. The average Bonchev–Trinajstić information content (AvgIpc) is 2.58. The molecule has 2 aromatic carbocycles. The van der Waals surface area contributed by atoms with E-state index < -0.39 is 0 Å². The van der Waals surface area contributed by atoms with Crippen molar-refractivity contribution in [3.05, 3.63) is 81.5 Å². The quantitative estimate of drug-likeness (QED) is 0.671. The van der Waals surface area contributed by atoms with Crippen molar-refractivity contribution < 1.29 is 9.90 Å². The van der Waals surface area contributed by atoms with Gasteiger partial charge in [-0.25, -0.2) is 0 Å². The molecule has 0 saturated carbocycles. The number of hydrogen-bond acceptors (Lipinski definition) is 3. The van der Waals surface area contributed by atoms with E-state index in [1.165, 1.54) is 0 Å². The number of hydrogen-bond donors (Lipinski definition) is 3. The number of aliphatic hydroxyl groups is 1. The van der Waals surface area contributed by atoms with E-state index >= 15 is 0 Å². The molecule has 126 valence electrons. The van der Waals surface area contributed by atoms with E-state index in [1.54, 1.807) is 49.5 Å². The van der Waals surface area contributed by atoms with Gasteiger partial charge in [-0.3, -0.25) is 4.79 Å².